The van der Waals surface area contributed by atoms with Gasteiger partial charge in [-0.05, 0) is 51.4 Å². The molecule has 0 aliphatic heterocycles. The molecule has 0 rings (SSSR count). The first kappa shape index (κ1) is 52.9. The minimum Gasteiger partial charge on any atom is -0.462 e. The number of aliphatic hydroxyl groups excluding tert-OH is 1. The Morgan fingerprint density at radius 1 is 0.436 bits per heavy atom. The maximum atomic E-state index is 12.2. The van der Waals surface area contributed by atoms with Gasteiger partial charge >= 0.3 is 11.9 Å². The number of hydrogen-bond donors (Lipinski definition) is 1. The van der Waals surface area contributed by atoms with Gasteiger partial charge in [0.2, 0.25) is 0 Å². The Labute approximate surface area is 341 Å². The van der Waals surface area contributed by atoms with Gasteiger partial charge in [0.15, 0.2) is 6.10 Å². The van der Waals surface area contributed by atoms with Crippen LogP contribution in [0.4, 0.5) is 0 Å². The minimum absolute atomic E-state index is 0.0649. The molecule has 0 bridgehead atoms. The van der Waals surface area contributed by atoms with Gasteiger partial charge in [0.1, 0.15) is 6.61 Å². The molecule has 0 amide bonds. The summed E-state index contributed by atoms with van der Waals surface area (Å²) in [7, 11) is 0. The van der Waals surface area contributed by atoms with Crippen LogP contribution in [-0.4, -0.2) is 36.4 Å². The first-order valence-electron chi connectivity index (χ1n) is 23.7. The van der Waals surface area contributed by atoms with Gasteiger partial charge in [-0.25, -0.2) is 0 Å². The smallest absolute Gasteiger partial charge is 0.306 e. The highest BCUT2D eigenvalue weighted by Crippen LogP contribution is 2.16. The zero-order valence-electron chi connectivity index (χ0n) is 36.4. The molecule has 5 heteroatoms. The van der Waals surface area contributed by atoms with Crippen molar-refractivity contribution >= 4 is 11.9 Å². The van der Waals surface area contributed by atoms with E-state index in [1.54, 1.807) is 0 Å². The lowest BCUT2D eigenvalue weighted by atomic mass is 10.0. The van der Waals surface area contributed by atoms with Crippen molar-refractivity contribution in [1.29, 1.82) is 0 Å². The molecule has 0 heterocycles. The highest BCUT2D eigenvalue weighted by Gasteiger charge is 2.16. The van der Waals surface area contributed by atoms with Crippen LogP contribution in [0.1, 0.15) is 239 Å². The molecule has 1 unspecified atom stereocenters. The molecule has 1 N–H and O–H groups in total. The highest BCUT2D eigenvalue weighted by atomic mass is 16.6. The van der Waals surface area contributed by atoms with Crippen molar-refractivity contribution in [3.05, 3.63) is 48.6 Å². The highest BCUT2D eigenvalue weighted by molar-refractivity contribution is 5.70. The fourth-order valence-corrected chi connectivity index (χ4v) is 6.84. The molecule has 0 radical (unpaired) electrons. The van der Waals surface area contributed by atoms with E-state index in [1.165, 1.54) is 148 Å². The first-order chi connectivity index (χ1) is 27.1. The predicted molar refractivity (Wildman–Crippen MR) is 237 cm³/mol. The number of carbonyl (C=O) groups is 2. The minimum atomic E-state index is -0.773. The van der Waals surface area contributed by atoms with Gasteiger partial charge in [-0.15, -0.1) is 0 Å². The van der Waals surface area contributed by atoms with Gasteiger partial charge in [0, 0.05) is 12.8 Å². The van der Waals surface area contributed by atoms with E-state index in [-0.39, 0.29) is 25.2 Å². The number of unbranched alkanes of at least 4 members (excludes halogenated alkanes) is 27. The maximum Gasteiger partial charge on any atom is 0.306 e. The molecule has 55 heavy (non-hydrogen) atoms. The molecular formula is C50H90O5. The van der Waals surface area contributed by atoms with Gasteiger partial charge in [-0.2, -0.15) is 0 Å². The maximum absolute atomic E-state index is 12.2. The Morgan fingerprint density at radius 3 is 1.18 bits per heavy atom. The number of esters is 2. The van der Waals surface area contributed by atoms with Crippen molar-refractivity contribution in [3.63, 3.8) is 0 Å². The van der Waals surface area contributed by atoms with Gasteiger partial charge in [0.25, 0.3) is 0 Å². The summed E-state index contributed by atoms with van der Waals surface area (Å²) >= 11 is 0. The van der Waals surface area contributed by atoms with Gasteiger partial charge in [0.05, 0.1) is 6.61 Å². The molecule has 1 atom stereocenters. The fraction of sp³-hybridized carbons (Fsp3) is 0.800. The third kappa shape index (κ3) is 44.4. The number of allylic oxidation sites excluding steroid dienone is 8. The number of aliphatic hydroxyl groups is 1. The molecule has 0 aliphatic rings. The van der Waals surface area contributed by atoms with E-state index in [1.807, 2.05) is 0 Å². The van der Waals surface area contributed by atoms with E-state index >= 15 is 0 Å². The zero-order chi connectivity index (χ0) is 40.0. The van der Waals surface area contributed by atoms with Crippen LogP contribution in [0, 0.1) is 0 Å². The monoisotopic (exact) mass is 771 g/mol. The third-order valence-electron chi connectivity index (χ3n) is 10.4. The van der Waals surface area contributed by atoms with E-state index < -0.39 is 6.10 Å². The molecule has 0 aromatic rings. The summed E-state index contributed by atoms with van der Waals surface area (Å²) in [6.07, 6.45) is 59.0. The van der Waals surface area contributed by atoms with Crippen LogP contribution in [0.2, 0.25) is 0 Å². The second-order valence-electron chi connectivity index (χ2n) is 15.8. The number of hydrogen-bond acceptors (Lipinski definition) is 5. The fourth-order valence-electron chi connectivity index (χ4n) is 6.84. The van der Waals surface area contributed by atoms with E-state index in [2.05, 4.69) is 62.5 Å². The molecule has 0 aromatic heterocycles. The average Bonchev–Trinajstić information content (AvgIpc) is 3.19. The van der Waals surface area contributed by atoms with E-state index in [9.17, 15) is 14.7 Å². The SMILES string of the molecule is CC/C=C\C/C=C\C/C=C\C/C=C\CCCCCCCCCCCCC(=O)OC(CO)COC(=O)CCCCCCCCCCCCCCCCCCCC. The van der Waals surface area contributed by atoms with Gasteiger partial charge in [-0.3, -0.25) is 9.59 Å². The normalized spacial score (nSPS) is 12.6. The lowest BCUT2D eigenvalue weighted by molar-refractivity contribution is -0.161. The molecule has 0 saturated heterocycles. The van der Waals surface area contributed by atoms with Crippen LogP contribution in [-0.2, 0) is 19.1 Å². The van der Waals surface area contributed by atoms with Gasteiger partial charge < -0.3 is 14.6 Å². The summed E-state index contributed by atoms with van der Waals surface area (Å²) in [5.41, 5.74) is 0. The molecular weight excluding hydrogens is 681 g/mol. The number of rotatable bonds is 43. The largest absolute Gasteiger partial charge is 0.462 e. The summed E-state index contributed by atoms with van der Waals surface area (Å²) in [5.74, 6) is -0.586. The Morgan fingerprint density at radius 2 is 0.782 bits per heavy atom. The molecule has 0 saturated carbocycles. The second kappa shape index (κ2) is 46.2. The quantitative estimate of drug-likeness (QED) is 0.0380. The van der Waals surface area contributed by atoms with Crippen molar-refractivity contribution in [2.45, 2.75) is 245 Å². The molecule has 0 aliphatic carbocycles. The van der Waals surface area contributed by atoms with Crippen LogP contribution in [0.15, 0.2) is 48.6 Å². The van der Waals surface area contributed by atoms with Crippen molar-refractivity contribution in [2.24, 2.45) is 0 Å². The lowest BCUT2D eigenvalue weighted by Gasteiger charge is -2.15. The predicted octanol–water partition coefficient (Wildman–Crippen LogP) is 15.4. The molecule has 320 valence electrons. The third-order valence-corrected chi connectivity index (χ3v) is 10.4. The molecule has 0 spiro atoms. The standard InChI is InChI=1S/C50H90O5/c1-3-5-7-9-11-13-15-17-19-21-23-24-25-26-27-29-31-33-35-37-39-41-43-45-50(53)55-48(46-51)47-54-49(52)44-42-40-38-36-34-32-30-28-22-20-18-16-14-12-10-8-6-4-2/h5,7,11,13,17,19,23-24,48,51H,3-4,6,8-10,12,14-16,18,20-22,25-47H2,1-2H3/b7-5-,13-11-,19-17-,24-23-. The molecule has 5 nitrogen and oxygen atoms in total. The van der Waals surface area contributed by atoms with Gasteiger partial charge in [-0.1, -0.05) is 223 Å². The zero-order valence-corrected chi connectivity index (χ0v) is 36.4. The number of carbonyl (C=O) groups excluding carboxylic acids is 2. The van der Waals surface area contributed by atoms with Crippen LogP contribution in [0.25, 0.3) is 0 Å². The Kier molecular flexibility index (Phi) is 44.4. The Balaban J connectivity index is 3.51. The summed E-state index contributed by atoms with van der Waals surface area (Å²) in [4.78, 5) is 24.4. The van der Waals surface area contributed by atoms with Crippen molar-refractivity contribution in [3.8, 4) is 0 Å². The van der Waals surface area contributed by atoms with Crippen molar-refractivity contribution in [2.75, 3.05) is 13.2 Å². The summed E-state index contributed by atoms with van der Waals surface area (Å²) < 4.78 is 10.7. The molecule has 0 fully saturated rings. The topological polar surface area (TPSA) is 72.8 Å². The van der Waals surface area contributed by atoms with E-state index in [0.717, 1.165) is 64.2 Å². The Bertz CT molecular complexity index is 919. The van der Waals surface area contributed by atoms with Crippen LogP contribution in [0.3, 0.4) is 0 Å². The first-order valence-corrected chi connectivity index (χ1v) is 23.7. The lowest BCUT2D eigenvalue weighted by Crippen LogP contribution is -2.28. The van der Waals surface area contributed by atoms with Crippen LogP contribution >= 0.6 is 0 Å². The summed E-state index contributed by atoms with van der Waals surface area (Å²) in [6, 6.07) is 0. The van der Waals surface area contributed by atoms with Crippen LogP contribution < -0.4 is 0 Å². The second-order valence-corrected chi connectivity index (χ2v) is 15.8. The van der Waals surface area contributed by atoms with Crippen LogP contribution in [0.5, 0.6) is 0 Å². The van der Waals surface area contributed by atoms with E-state index in [4.69, 9.17) is 9.47 Å². The summed E-state index contributed by atoms with van der Waals surface area (Å²) in [5, 5.41) is 9.61. The summed E-state index contributed by atoms with van der Waals surface area (Å²) in [6.45, 7) is 4.05. The van der Waals surface area contributed by atoms with Crippen molar-refractivity contribution < 1.29 is 24.2 Å². The van der Waals surface area contributed by atoms with E-state index in [0.29, 0.717) is 12.8 Å². The number of ether oxygens (including phenoxy) is 2. The molecule has 0 aromatic carbocycles. The Hall–Kier alpha value is -2.14. The average molecular weight is 771 g/mol. The van der Waals surface area contributed by atoms with Crippen molar-refractivity contribution in [1.82, 2.24) is 0 Å².